The van der Waals surface area contributed by atoms with Gasteiger partial charge in [0.25, 0.3) is 0 Å². The second-order valence-corrected chi connectivity index (χ2v) is 6.96. The van der Waals surface area contributed by atoms with E-state index in [0.29, 0.717) is 13.1 Å². The lowest BCUT2D eigenvalue weighted by Gasteiger charge is -2.27. The number of benzene rings is 1. The summed E-state index contributed by atoms with van der Waals surface area (Å²) in [4.78, 5) is 0.206. The van der Waals surface area contributed by atoms with E-state index in [-0.39, 0.29) is 16.0 Å². The molecule has 19 heavy (non-hydrogen) atoms. The molecule has 1 N–H and O–H groups in total. The molecule has 1 heterocycles. The van der Waals surface area contributed by atoms with E-state index in [1.54, 1.807) is 28.6 Å². The van der Waals surface area contributed by atoms with Gasteiger partial charge in [-0.2, -0.15) is 4.31 Å². The smallest absolute Gasteiger partial charge is 0.244 e. The first-order chi connectivity index (χ1) is 9.07. The van der Waals surface area contributed by atoms with E-state index in [2.05, 4.69) is 5.32 Å². The minimum absolute atomic E-state index is 0.0289. The lowest BCUT2D eigenvalue weighted by Crippen LogP contribution is -2.42. The molecule has 1 unspecified atom stereocenters. The van der Waals surface area contributed by atoms with Crippen LogP contribution in [0.5, 0.6) is 0 Å². The van der Waals surface area contributed by atoms with Crippen molar-refractivity contribution in [3.05, 3.63) is 29.3 Å². The molecule has 1 saturated heterocycles. The number of hydrogen-bond donors (Lipinski definition) is 1. The van der Waals surface area contributed by atoms with Gasteiger partial charge in [0.2, 0.25) is 10.0 Å². The number of nitrogens with one attached hydrogen (secondary N) is 1. The maximum atomic E-state index is 12.7. The van der Waals surface area contributed by atoms with Crippen molar-refractivity contribution in [2.24, 2.45) is 0 Å². The standard InChI is InChI=1S/C13H19ClN2O2S/c1-2-9-16(11-7-8-15-10-11)19(17,18)13-6-4-3-5-12(13)14/h3-6,11,15H,2,7-10H2,1H3. The van der Waals surface area contributed by atoms with Gasteiger partial charge in [0.05, 0.1) is 5.02 Å². The lowest BCUT2D eigenvalue weighted by molar-refractivity contribution is 0.335. The molecular formula is C13H19ClN2O2S. The minimum atomic E-state index is -3.52. The van der Waals surface area contributed by atoms with Crippen molar-refractivity contribution in [1.29, 1.82) is 0 Å². The van der Waals surface area contributed by atoms with Crippen LogP contribution in [0, 0.1) is 0 Å². The van der Waals surface area contributed by atoms with Crippen molar-refractivity contribution in [2.45, 2.75) is 30.7 Å². The summed E-state index contributed by atoms with van der Waals surface area (Å²) in [5.74, 6) is 0. The second kappa shape index (κ2) is 6.22. The molecule has 1 aliphatic heterocycles. The first kappa shape index (κ1) is 14.8. The van der Waals surface area contributed by atoms with Gasteiger partial charge in [0.1, 0.15) is 4.90 Å². The third-order valence-electron chi connectivity index (χ3n) is 3.31. The van der Waals surface area contributed by atoms with Gasteiger partial charge in [0, 0.05) is 19.1 Å². The molecule has 0 aromatic heterocycles. The van der Waals surface area contributed by atoms with E-state index in [9.17, 15) is 8.42 Å². The van der Waals surface area contributed by atoms with Crippen LogP contribution in [-0.2, 0) is 10.0 Å². The zero-order chi connectivity index (χ0) is 13.9. The predicted octanol–water partition coefficient (Wildman–Crippen LogP) is 2.10. The van der Waals surface area contributed by atoms with Gasteiger partial charge in [-0.1, -0.05) is 30.7 Å². The van der Waals surface area contributed by atoms with E-state index < -0.39 is 10.0 Å². The molecule has 0 aliphatic carbocycles. The highest BCUT2D eigenvalue weighted by Crippen LogP contribution is 2.27. The number of sulfonamides is 1. The van der Waals surface area contributed by atoms with Crippen molar-refractivity contribution in [3.8, 4) is 0 Å². The summed E-state index contributed by atoms with van der Waals surface area (Å²) in [5.41, 5.74) is 0. The molecule has 106 valence electrons. The Hall–Kier alpha value is -0.620. The molecular weight excluding hydrogens is 284 g/mol. The topological polar surface area (TPSA) is 49.4 Å². The van der Waals surface area contributed by atoms with Crippen molar-refractivity contribution in [3.63, 3.8) is 0 Å². The normalized spacial score (nSPS) is 20.1. The van der Waals surface area contributed by atoms with Crippen LogP contribution >= 0.6 is 11.6 Å². The van der Waals surface area contributed by atoms with Crippen LogP contribution in [0.25, 0.3) is 0 Å². The Morgan fingerprint density at radius 3 is 2.74 bits per heavy atom. The zero-order valence-electron chi connectivity index (χ0n) is 11.0. The van der Waals surface area contributed by atoms with Crippen molar-refractivity contribution < 1.29 is 8.42 Å². The fourth-order valence-electron chi connectivity index (χ4n) is 2.38. The number of hydrogen-bond acceptors (Lipinski definition) is 3. The average Bonchev–Trinajstić information content (AvgIpc) is 2.89. The summed E-state index contributed by atoms with van der Waals surface area (Å²) in [6.45, 7) is 4.09. The van der Waals surface area contributed by atoms with Crippen LogP contribution in [0.2, 0.25) is 5.02 Å². The number of nitrogens with zero attached hydrogens (tertiary/aromatic N) is 1. The van der Waals surface area contributed by atoms with Gasteiger partial charge < -0.3 is 5.32 Å². The Morgan fingerprint density at radius 1 is 1.42 bits per heavy atom. The molecule has 1 fully saturated rings. The van der Waals surface area contributed by atoms with Gasteiger partial charge in [-0.15, -0.1) is 0 Å². The summed E-state index contributed by atoms with van der Waals surface area (Å²) in [6.07, 6.45) is 1.64. The zero-order valence-corrected chi connectivity index (χ0v) is 12.5. The van der Waals surface area contributed by atoms with Crippen LogP contribution < -0.4 is 5.32 Å². The first-order valence-electron chi connectivity index (χ1n) is 6.54. The molecule has 1 atom stereocenters. The largest absolute Gasteiger partial charge is 0.315 e. The third kappa shape index (κ3) is 3.11. The maximum Gasteiger partial charge on any atom is 0.244 e. The quantitative estimate of drug-likeness (QED) is 0.906. The van der Waals surface area contributed by atoms with Crippen LogP contribution in [0.4, 0.5) is 0 Å². The molecule has 1 aromatic rings. The molecule has 2 rings (SSSR count). The van der Waals surface area contributed by atoms with Gasteiger partial charge in [-0.25, -0.2) is 8.42 Å². The Bertz CT molecular complexity index is 527. The SMILES string of the molecule is CCCN(C1CCNC1)S(=O)(=O)c1ccccc1Cl. The molecule has 0 spiro atoms. The Balaban J connectivity index is 2.36. The molecule has 6 heteroatoms. The molecule has 0 saturated carbocycles. The Labute approximate surface area is 119 Å². The van der Waals surface area contributed by atoms with Gasteiger partial charge in [-0.05, 0) is 31.5 Å². The summed E-state index contributed by atoms with van der Waals surface area (Å²) in [6, 6.07) is 6.66. The lowest BCUT2D eigenvalue weighted by atomic mass is 10.2. The van der Waals surface area contributed by atoms with Crippen LogP contribution in [0.15, 0.2) is 29.2 Å². The molecule has 0 radical (unpaired) electrons. The Morgan fingerprint density at radius 2 is 2.16 bits per heavy atom. The fourth-order valence-corrected chi connectivity index (χ4v) is 4.63. The number of rotatable bonds is 5. The molecule has 0 amide bonds. The summed E-state index contributed by atoms with van der Waals surface area (Å²) >= 11 is 6.04. The van der Waals surface area contributed by atoms with E-state index in [4.69, 9.17) is 11.6 Å². The second-order valence-electron chi connectivity index (χ2n) is 4.69. The maximum absolute atomic E-state index is 12.7. The van der Waals surface area contributed by atoms with E-state index >= 15 is 0 Å². The number of halogens is 1. The van der Waals surface area contributed by atoms with Crippen LogP contribution in [0.3, 0.4) is 0 Å². The average molecular weight is 303 g/mol. The van der Waals surface area contributed by atoms with Gasteiger partial charge in [-0.3, -0.25) is 0 Å². The third-order valence-corrected chi connectivity index (χ3v) is 5.76. The predicted molar refractivity (Wildman–Crippen MR) is 76.9 cm³/mol. The van der Waals surface area contributed by atoms with Gasteiger partial charge in [0.15, 0.2) is 0 Å². The minimum Gasteiger partial charge on any atom is -0.315 e. The molecule has 1 aliphatic rings. The van der Waals surface area contributed by atoms with Crippen molar-refractivity contribution >= 4 is 21.6 Å². The van der Waals surface area contributed by atoms with Crippen molar-refractivity contribution in [2.75, 3.05) is 19.6 Å². The van der Waals surface area contributed by atoms with Crippen LogP contribution in [0.1, 0.15) is 19.8 Å². The molecule has 0 bridgehead atoms. The highest BCUT2D eigenvalue weighted by Gasteiger charge is 2.33. The summed E-state index contributed by atoms with van der Waals surface area (Å²) < 4.78 is 27.1. The van der Waals surface area contributed by atoms with E-state index in [1.165, 1.54) is 0 Å². The highest BCUT2D eigenvalue weighted by molar-refractivity contribution is 7.89. The van der Waals surface area contributed by atoms with Gasteiger partial charge >= 0.3 is 0 Å². The van der Waals surface area contributed by atoms with Crippen LogP contribution in [-0.4, -0.2) is 38.4 Å². The molecule has 1 aromatic carbocycles. The summed E-state index contributed by atoms with van der Waals surface area (Å²) in [7, 11) is -3.52. The monoisotopic (exact) mass is 302 g/mol. The Kier molecular flexibility index (Phi) is 4.84. The summed E-state index contributed by atoms with van der Waals surface area (Å²) in [5, 5.41) is 3.50. The van der Waals surface area contributed by atoms with E-state index in [1.807, 2.05) is 6.92 Å². The molecule has 4 nitrogen and oxygen atoms in total. The fraction of sp³-hybridized carbons (Fsp3) is 0.538. The first-order valence-corrected chi connectivity index (χ1v) is 8.36. The highest BCUT2D eigenvalue weighted by atomic mass is 35.5. The van der Waals surface area contributed by atoms with E-state index in [0.717, 1.165) is 19.4 Å². The van der Waals surface area contributed by atoms with Crippen molar-refractivity contribution in [1.82, 2.24) is 9.62 Å².